The number of methoxy groups -OCH3 is 4. The van der Waals surface area contributed by atoms with Gasteiger partial charge in [-0.1, -0.05) is 0 Å². The second-order valence-electron chi connectivity index (χ2n) is 8.32. The average Bonchev–Trinajstić information content (AvgIpc) is 3.44. The van der Waals surface area contributed by atoms with Crippen molar-refractivity contribution in [2.45, 2.75) is 18.9 Å². The van der Waals surface area contributed by atoms with Crippen molar-refractivity contribution in [3.8, 4) is 34.3 Å². The minimum absolute atomic E-state index is 0.0761. The Bertz CT molecular complexity index is 1340. The molecule has 9 nitrogen and oxygen atoms in total. The van der Waals surface area contributed by atoms with Crippen LogP contribution in [0.5, 0.6) is 23.0 Å². The molecule has 0 aliphatic heterocycles. The Morgan fingerprint density at radius 3 is 2.35 bits per heavy atom. The molecular formula is C28H30N2O7. The lowest BCUT2D eigenvalue weighted by Crippen LogP contribution is -2.37. The summed E-state index contributed by atoms with van der Waals surface area (Å²) >= 11 is 0. The lowest BCUT2D eigenvalue weighted by atomic mass is 10.0. The first-order valence-corrected chi connectivity index (χ1v) is 11.7. The number of furan rings is 1. The normalized spacial score (nSPS) is 11.7. The third-order valence-electron chi connectivity index (χ3n) is 6.06. The van der Waals surface area contributed by atoms with Gasteiger partial charge < -0.3 is 33.8 Å². The van der Waals surface area contributed by atoms with E-state index in [0.717, 1.165) is 5.76 Å². The minimum Gasteiger partial charge on any atom is -0.497 e. The number of nitrogens with zero attached hydrogens (tertiary/aromatic N) is 1. The molecule has 0 aliphatic rings. The summed E-state index contributed by atoms with van der Waals surface area (Å²) in [6, 6.07) is 14.0. The molecule has 2 aromatic carbocycles. The van der Waals surface area contributed by atoms with E-state index in [4.69, 9.17) is 28.3 Å². The zero-order valence-electron chi connectivity index (χ0n) is 21.2. The van der Waals surface area contributed by atoms with Gasteiger partial charge in [0.15, 0.2) is 11.5 Å². The second kappa shape index (κ2) is 11.7. The summed E-state index contributed by atoms with van der Waals surface area (Å²) in [5, 5.41) is 13.3. The van der Waals surface area contributed by atoms with Crippen molar-refractivity contribution in [2.75, 3.05) is 35.0 Å². The van der Waals surface area contributed by atoms with Crippen molar-refractivity contribution in [1.29, 1.82) is 0 Å². The SMILES string of the molecule is COc1ccc2nc(-c3cc(OC)c(OC)c(OC)c3)cc(C(=O)N[C@@H](CCO)Cc3ccco3)c2c1. The van der Waals surface area contributed by atoms with Gasteiger partial charge >= 0.3 is 0 Å². The number of pyridine rings is 1. The van der Waals surface area contributed by atoms with Crippen LogP contribution >= 0.6 is 0 Å². The summed E-state index contributed by atoms with van der Waals surface area (Å²) in [6.07, 6.45) is 2.41. The number of hydrogen-bond donors (Lipinski definition) is 2. The highest BCUT2D eigenvalue weighted by Crippen LogP contribution is 2.41. The molecule has 194 valence electrons. The number of fused-ring (bicyclic) bond motifs is 1. The van der Waals surface area contributed by atoms with E-state index in [0.29, 0.717) is 63.6 Å². The van der Waals surface area contributed by atoms with E-state index in [1.807, 2.05) is 6.07 Å². The van der Waals surface area contributed by atoms with Gasteiger partial charge in [0.25, 0.3) is 5.91 Å². The summed E-state index contributed by atoms with van der Waals surface area (Å²) < 4.78 is 27.3. The third-order valence-corrected chi connectivity index (χ3v) is 6.06. The minimum atomic E-state index is -0.331. The van der Waals surface area contributed by atoms with Crippen LogP contribution in [0.4, 0.5) is 0 Å². The first-order valence-electron chi connectivity index (χ1n) is 11.7. The topological polar surface area (TPSA) is 112 Å². The highest BCUT2D eigenvalue weighted by atomic mass is 16.5. The van der Waals surface area contributed by atoms with E-state index in [1.165, 1.54) is 7.11 Å². The molecule has 9 heteroatoms. The van der Waals surface area contributed by atoms with Crippen LogP contribution in [0, 0.1) is 0 Å². The molecule has 0 aliphatic carbocycles. The van der Waals surface area contributed by atoms with E-state index < -0.39 is 0 Å². The molecule has 0 spiro atoms. The number of aliphatic hydroxyl groups is 1. The van der Waals surface area contributed by atoms with Gasteiger partial charge in [-0.25, -0.2) is 4.98 Å². The van der Waals surface area contributed by atoms with Crippen molar-refractivity contribution < 1.29 is 33.3 Å². The molecule has 1 amide bonds. The Kier molecular flexibility index (Phi) is 8.15. The third kappa shape index (κ3) is 5.62. The maximum absolute atomic E-state index is 13.6. The maximum atomic E-state index is 13.6. The Labute approximate surface area is 214 Å². The molecule has 0 fully saturated rings. The molecule has 4 aromatic rings. The second-order valence-corrected chi connectivity index (χ2v) is 8.32. The van der Waals surface area contributed by atoms with Gasteiger partial charge in [-0.05, 0) is 55.0 Å². The van der Waals surface area contributed by atoms with Crippen LogP contribution in [0.15, 0.2) is 59.2 Å². The lowest BCUT2D eigenvalue weighted by molar-refractivity contribution is 0.0930. The van der Waals surface area contributed by atoms with Gasteiger partial charge in [-0.2, -0.15) is 0 Å². The van der Waals surface area contributed by atoms with Gasteiger partial charge in [0, 0.05) is 30.0 Å². The standard InChI is InChI=1S/C28H30N2O7/c1-33-19-7-8-23-21(15-19)22(28(32)29-18(9-10-31)14-20-6-5-11-37-20)16-24(30-23)17-12-25(34-2)27(36-4)26(13-17)35-3/h5-8,11-13,15-16,18,31H,9-10,14H2,1-4H3,(H,29,32)/t18-/m0/s1. The Morgan fingerprint density at radius 1 is 1.00 bits per heavy atom. The highest BCUT2D eigenvalue weighted by molar-refractivity contribution is 6.07. The van der Waals surface area contributed by atoms with Crippen LogP contribution in [-0.4, -0.2) is 57.1 Å². The average molecular weight is 507 g/mol. The van der Waals surface area contributed by atoms with Crippen molar-refractivity contribution >= 4 is 16.8 Å². The molecule has 0 saturated carbocycles. The summed E-state index contributed by atoms with van der Waals surface area (Å²) in [6.45, 7) is -0.0761. The van der Waals surface area contributed by atoms with Crippen LogP contribution in [0.1, 0.15) is 22.5 Å². The molecule has 37 heavy (non-hydrogen) atoms. The van der Waals surface area contributed by atoms with Gasteiger partial charge in [0.1, 0.15) is 11.5 Å². The van der Waals surface area contributed by atoms with E-state index in [1.54, 1.807) is 70.1 Å². The Morgan fingerprint density at radius 2 is 1.76 bits per heavy atom. The first kappa shape index (κ1) is 25.8. The smallest absolute Gasteiger partial charge is 0.252 e. The zero-order chi connectivity index (χ0) is 26.4. The Hall–Kier alpha value is -4.24. The number of hydrogen-bond acceptors (Lipinski definition) is 8. The molecule has 0 unspecified atom stereocenters. The van der Waals surface area contributed by atoms with Crippen molar-refractivity contribution in [3.63, 3.8) is 0 Å². The molecular weight excluding hydrogens is 476 g/mol. The number of ether oxygens (including phenoxy) is 4. The van der Waals surface area contributed by atoms with Crippen LogP contribution in [0.25, 0.3) is 22.2 Å². The molecule has 4 rings (SSSR count). The fraction of sp³-hybridized carbons (Fsp3) is 0.286. The highest BCUT2D eigenvalue weighted by Gasteiger charge is 2.21. The number of nitrogens with one attached hydrogen (secondary N) is 1. The van der Waals surface area contributed by atoms with Crippen LogP contribution < -0.4 is 24.3 Å². The number of carbonyl (C=O) groups is 1. The van der Waals surface area contributed by atoms with Gasteiger partial charge in [-0.3, -0.25) is 4.79 Å². The van der Waals surface area contributed by atoms with Gasteiger partial charge in [0.05, 0.1) is 51.5 Å². The molecule has 0 bridgehead atoms. The molecule has 2 N–H and O–H groups in total. The van der Waals surface area contributed by atoms with Gasteiger partial charge in [-0.15, -0.1) is 0 Å². The van der Waals surface area contributed by atoms with Crippen molar-refractivity contribution in [1.82, 2.24) is 10.3 Å². The van der Waals surface area contributed by atoms with E-state index >= 15 is 0 Å². The number of rotatable bonds is 11. The fourth-order valence-corrected chi connectivity index (χ4v) is 4.21. The number of benzene rings is 2. The largest absolute Gasteiger partial charge is 0.497 e. The number of amides is 1. The predicted molar refractivity (Wildman–Crippen MR) is 139 cm³/mol. The van der Waals surface area contributed by atoms with E-state index in [2.05, 4.69) is 5.32 Å². The zero-order valence-corrected chi connectivity index (χ0v) is 21.2. The molecule has 2 heterocycles. The maximum Gasteiger partial charge on any atom is 0.252 e. The van der Waals surface area contributed by atoms with Crippen molar-refractivity contribution in [2.24, 2.45) is 0 Å². The van der Waals surface area contributed by atoms with Crippen LogP contribution in [-0.2, 0) is 6.42 Å². The van der Waals surface area contributed by atoms with Crippen LogP contribution in [0.2, 0.25) is 0 Å². The number of aromatic nitrogens is 1. The lowest BCUT2D eigenvalue weighted by Gasteiger charge is -2.19. The summed E-state index contributed by atoms with van der Waals surface area (Å²) in [4.78, 5) is 18.4. The van der Waals surface area contributed by atoms with E-state index in [9.17, 15) is 9.90 Å². The Balaban J connectivity index is 1.81. The predicted octanol–water partition coefficient (Wildman–Crippen LogP) is 4.25. The molecule has 1 atom stereocenters. The van der Waals surface area contributed by atoms with Crippen molar-refractivity contribution in [3.05, 3.63) is 66.1 Å². The molecule has 0 saturated heterocycles. The number of carbonyl (C=O) groups excluding carboxylic acids is 1. The van der Waals surface area contributed by atoms with Crippen LogP contribution in [0.3, 0.4) is 0 Å². The first-order chi connectivity index (χ1) is 18.0. The quantitative estimate of drug-likeness (QED) is 0.311. The molecule has 2 aromatic heterocycles. The fourth-order valence-electron chi connectivity index (χ4n) is 4.21. The summed E-state index contributed by atoms with van der Waals surface area (Å²) in [7, 11) is 6.19. The summed E-state index contributed by atoms with van der Waals surface area (Å²) in [5.74, 6) is 2.42. The van der Waals surface area contributed by atoms with E-state index in [-0.39, 0.29) is 18.6 Å². The summed E-state index contributed by atoms with van der Waals surface area (Å²) in [5.41, 5.74) is 2.26. The monoisotopic (exact) mass is 506 g/mol. The molecule has 0 radical (unpaired) electrons. The van der Waals surface area contributed by atoms with Gasteiger partial charge in [0.2, 0.25) is 5.75 Å². The number of aliphatic hydroxyl groups excluding tert-OH is 1.